The number of aliphatic imine (C=N–C) groups is 1. The van der Waals surface area contributed by atoms with Crippen molar-refractivity contribution in [1.29, 1.82) is 0 Å². The molecule has 0 saturated carbocycles. The maximum atomic E-state index is 12.5. The van der Waals surface area contributed by atoms with Crippen molar-refractivity contribution >= 4 is 33.9 Å². The van der Waals surface area contributed by atoms with Crippen LogP contribution in [0.25, 0.3) is 17.2 Å². The number of hydrogen-bond donors (Lipinski definition) is 0. The van der Waals surface area contributed by atoms with Crippen molar-refractivity contribution in [2.24, 2.45) is 4.99 Å². The normalized spacial score (nSPS) is 13.9. The van der Waals surface area contributed by atoms with Gasteiger partial charge in [0.25, 0.3) is 0 Å². The quantitative estimate of drug-likeness (QED) is 0.186. The van der Waals surface area contributed by atoms with Gasteiger partial charge in [-0.3, -0.25) is 0 Å². The van der Waals surface area contributed by atoms with Crippen molar-refractivity contribution in [3.63, 3.8) is 0 Å². The summed E-state index contributed by atoms with van der Waals surface area (Å²) in [5, 5.41) is 0. The monoisotopic (exact) mass is 539 g/mol. The van der Waals surface area contributed by atoms with E-state index in [1.807, 2.05) is 91.0 Å². The fourth-order valence-corrected chi connectivity index (χ4v) is 4.19. The Bertz CT molecular complexity index is 1460. The van der Waals surface area contributed by atoms with Crippen LogP contribution < -0.4 is 9.47 Å². The van der Waals surface area contributed by atoms with Gasteiger partial charge >= 0.3 is 5.97 Å². The van der Waals surface area contributed by atoms with Crippen LogP contribution in [0.5, 0.6) is 11.5 Å². The predicted molar refractivity (Wildman–Crippen MR) is 144 cm³/mol. The van der Waals surface area contributed by atoms with Crippen LogP contribution in [0.3, 0.4) is 0 Å². The van der Waals surface area contributed by atoms with Gasteiger partial charge < -0.3 is 14.2 Å². The molecule has 0 N–H and O–H groups in total. The lowest BCUT2D eigenvalue weighted by Crippen LogP contribution is -2.05. The molecule has 0 atom stereocenters. The Morgan fingerprint density at radius 2 is 1.53 bits per heavy atom. The Kier molecular flexibility index (Phi) is 6.96. The van der Waals surface area contributed by atoms with Crippen LogP contribution in [-0.4, -0.2) is 19.0 Å². The number of methoxy groups -OCH3 is 1. The lowest BCUT2D eigenvalue weighted by molar-refractivity contribution is -0.129. The maximum absolute atomic E-state index is 12.5. The van der Waals surface area contributed by atoms with Crippen molar-refractivity contribution in [2.75, 3.05) is 7.11 Å². The number of carbonyl (C=O) groups excluding carboxylic acids is 1. The minimum absolute atomic E-state index is 0.223. The highest BCUT2D eigenvalue weighted by Crippen LogP contribution is 2.31. The van der Waals surface area contributed by atoms with Crippen LogP contribution in [-0.2, 0) is 16.1 Å². The first-order valence-corrected chi connectivity index (χ1v) is 12.1. The van der Waals surface area contributed by atoms with Crippen LogP contribution >= 0.6 is 15.9 Å². The number of hydrogen-bond acceptors (Lipinski definition) is 5. The second-order valence-corrected chi connectivity index (χ2v) is 8.92. The number of esters is 1. The van der Waals surface area contributed by atoms with E-state index in [1.165, 1.54) is 0 Å². The maximum Gasteiger partial charge on any atom is 0.363 e. The zero-order chi connectivity index (χ0) is 24.9. The highest BCUT2D eigenvalue weighted by atomic mass is 79.9. The van der Waals surface area contributed by atoms with Gasteiger partial charge in [0.1, 0.15) is 6.61 Å². The summed E-state index contributed by atoms with van der Waals surface area (Å²) in [6, 6.07) is 31.2. The van der Waals surface area contributed by atoms with Crippen molar-refractivity contribution < 1.29 is 19.0 Å². The van der Waals surface area contributed by atoms with E-state index in [2.05, 4.69) is 20.9 Å². The van der Waals surface area contributed by atoms with Gasteiger partial charge in [-0.25, -0.2) is 9.79 Å². The molecule has 0 amide bonds. The molecule has 5 rings (SSSR count). The Labute approximate surface area is 217 Å². The first-order chi connectivity index (χ1) is 17.6. The Morgan fingerprint density at radius 1 is 0.833 bits per heavy atom. The van der Waals surface area contributed by atoms with Gasteiger partial charge in [0.2, 0.25) is 5.90 Å². The first-order valence-electron chi connectivity index (χ1n) is 11.3. The average molecular weight is 540 g/mol. The fraction of sp³-hybridized carbons (Fsp3) is 0.0667. The van der Waals surface area contributed by atoms with Crippen LogP contribution in [0.15, 0.2) is 112 Å². The molecule has 5 nitrogen and oxygen atoms in total. The molecule has 1 aliphatic rings. The molecule has 0 spiro atoms. The van der Waals surface area contributed by atoms with Gasteiger partial charge in [0.05, 0.1) is 7.11 Å². The van der Waals surface area contributed by atoms with Crippen molar-refractivity contribution in [2.45, 2.75) is 6.61 Å². The molecule has 178 valence electrons. The van der Waals surface area contributed by atoms with Crippen molar-refractivity contribution in [3.8, 4) is 22.6 Å². The molecule has 0 radical (unpaired) electrons. The van der Waals surface area contributed by atoms with E-state index in [-0.39, 0.29) is 11.6 Å². The standard InChI is InChI=1S/C30H22BrNO4/c1-34-28-18-20(11-16-27(28)35-19-24-9-5-6-10-25(24)31)17-26-30(33)36-29(32-26)23-14-12-22(13-15-23)21-7-3-2-4-8-21/h2-18H,19H2,1H3/b26-17-. The number of benzene rings is 4. The molecule has 0 unspecified atom stereocenters. The third-order valence-electron chi connectivity index (χ3n) is 5.69. The molecule has 0 aromatic heterocycles. The summed E-state index contributed by atoms with van der Waals surface area (Å²) < 4.78 is 17.9. The van der Waals surface area contributed by atoms with Gasteiger partial charge in [-0.15, -0.1) is 0 Å². The van der Waals surface area contributed by atoms with Crippen LogP contribution in [0, 0.1) is 0 Å². The Morgan fingerprint density at radius 3 is 2.28 bits per heavy atom. The van der Waals surface area contributed by atoms with Crippen LogP contribution in [0.2, 0.25) is 0 Å². The summed E-state index contributed by atoms with van der Waals surface area (Å²) in [5.41, 5.74) is 4.93. The fourth-order valence-electron chi connectivity index (χ4n) is 3.79. The summed E-state index contributed by atoms with van der Waals surface area (Å²) in [6.07, 6.45) is 1.67. The van der Waals surface area contributed by atoms with E-state index >= 15 is 0 Å². The number of cyclic esters (lactones) is 1. The highest BCUT2D eigenvalue weighted by Gasteiger charge is 2.24. The average Bonchev–Trinajstić information content (AvgIpc) is 3.29. The zero-order valence-corrected chi connectivity index (χ0v) is 21.1. The van der Waals surface area contributed by atoms with Gasteiger partial charge in [-0.1, -0.05) is 82.7 Å². The van der Waals surface area contributed by atoms with E-state index in [9.17, 15) is 4.79 Å². The molecule has 1 aliphatic heterocycles. The van der Waals surface area contributed by atoms with E-state index in [1.54, 1.807) is 19.3 Å². The molecular formula is C30H22BrNO4. The van der Waals surface area contributed by atoms with E-state index in [4.69, 9.17) is 14.2 Å². The van der Waals surface area contributed by atoms with Crippen molar-refractivity contribution in [3.05, 3.63) is 124 Å². The summed E-state index contributed by atoms with van der Waals surface area (Å²) in [6.45, 7) is 0.390. The van der Waals surface area contributed by atoms with E-state index < -0.39 is 5.97 Å². The second-order valence-electron chi connectivity index (χ2n) is 8.07. The lowest BCUT2D eigenvalue weighted by atomic mass is 10.0. The topological polar surface area (TPSA) is 57.1 Å². The number of halogens is 1. The Hall–Kier alpha value is -4.16. The lowest BCUT2D eigenvalue weighted by Gasteiger charge is -2.12. The third-order valence-corrected chi connectivity index (χ3v) is 6.47. The van der Waals surface area contributed by atoms with Crippen LogP contribution in [0.4, 0.5) is 0 Å². The number of carbonyl (C=O) groups is 1. The molecular weight excluding hydrogens is 518 g/mol. The number of ether oxygens (including phenoxy) is 3. The summed E-state index contributed by atoms with van der Waals surface area (Å²) in [7, 11) is 1.58. The molecule has 36 heavy (non-hydrogen) atoms. The van der Waals surface area contributed by atoms with Gasteiger partial charge in [0, 0.05) is 15.6 Å². The smallest absolute Gasteiger partial charge is 0.363 e. The molecule has 0 bridgehead atoms. The number of rotatable bonds is 7. The van der Waals surface area contributed by atoms with Crippen molar-refractivity contribution in [1.82, 2.24) is 0 Å². The second kappa shape index (κ2) is 10.6. The van der Waals surface area contributed by atoms with Crippen LogP contribution in [0.1, 0.15) is 16.7 Å². The minimum atomic E-state index is -0.495. The molecule has 6 heteroatoms. The van der Waals surface area contributed by atoms with Gasteiger partial charge in [-0.05, 0) is 53.1 Å². The predicted octanol–water partition coefficient (Wildman–Crippen LogP) is 7.05. The first kappa shape index (κ1) is 23.6. The summed E-state index contributed by atoms with van der Waals surface area (Å²) >= 11 is 3.53. The largest absolute Gasteiger partial charge is 0.493 e. The van der Waals surface area contributed by atoms with Gasteiger partial charge in [0.15, 0.2) is 17.2 Å². The van der Waals surface area contributed by atoms with E-state index in [0.717, 1.165) is 32.3 Å². The molecule has 0 aliphatic carbocycles. The molecule has 4 aromatic carbocycles. The van der Waals surface area contributed by atoms with E-state index in [0.29, 0.717) is 18.1 Å². The molecule has 1 heterocycles. The Balaban J connectivity index is 1.33. The number of nitrogens with zero attached hydrogens (tertiary/aromatic N) is 1. The summed E-state index contributed by atoms with van der Waals surface area (Å²) in [4.78, 5) is 16.9. The SMILES string of the molecule is COc1cc(/C=C2\N=C(c3ccc(-c4ccccc4)cc3)OC2=O)ccc1OCc1ccccc1Br. The highest BCUT2D eigenvalue weighted by molar-refractivity contribution is 9.10. The third kappa shape index (κ3) is 5.24. The molecule has 0 saturated heterocycles. The summed E-state index contributed by atoms with van der Waals surface area (Å²) in [5.74, 6) is 0.951. The molecule has 0 fully saturated rings. The molecule has 4 aromatic rings. The zero-order valence-electron chi connectivity index (χ0n) is 19.5. The van der Waals surface area contributed by atoms with Gasteiger partial charge in [-0.2, -0.15) is 0 Å². The minimum Gasteiger partial charge on any atom is -0.493 e.